The highest BCUT2D eigenvalue weighted by atomic mass is 16.1. The smallest absolute Gasteiger partial charge is 0.273 e. The summed E-state index contributed by atoms with van der Waals surface area (Å²) in [6, 6.07) is 11.3. The number of nitrogens with two attached hydrogens (primary N) is 1. The summed E-state index contributed by atoms with van der Waals surface area (Å²) in [6.07, 6.45) is 0. The minimum absolute atomic E-state index is 0.172. The fourth-order valence-electron chi connectivity index (χ4n) is 2.20. The van der Waals surface area contributed by atoms with Crippen LogP contribution >= 0.6 is 0 Å². The minimum atomic E-state index is -0.172. The Hall–Kier alpha value is -2.56. The Morgan fingerprint density at radius 1 is 1.20 bits per heavy atom. The zero-order valence-corrected chi connectivity index (χ0v) is 11.4. The van der Waals surface area contributed by atoms with Gasteiger partial charge in [-0.3, -0.25) is 9.89 Å². The van der Waals surface area contributed by atoms with Gasteiger partial charge in [-0.15, -0.1) is 0 Å². The molecule has 0 bridgehead atoms. The second-order valence-electron chi connectivity index (χ2n) is 5.16. The molecule has 1 aromatic carbocycles. The third kappa shape index (κ3) is 2.07. The molecule has 2 heterocycles. The van der Waals surface area contributed by atoms with E-state index in [4.69, 9.17) is 5.73 Å². The van der Waals surface area contributed by atoms with E-state index in [1.807, 2.05) is 12.1 Å². The Morgan fingerprint density at radius 3 is 2.55 bits per heavy atom. The third-order valence-electron chi connectivity index (χ3n) is 3.34. The lowest BCUT2D eigenvalue weighted by Crippen LogP contribution is -2.14. The van der Waals surface area contributed by atoms with E-state index < -0.39 is 0 Å². The first-order chi connectivity index (χ1) is 9.54. The van der Waals surface area contributed by atoms with Gasteiger partial charge < -0.3 is 5.73 Å². The molecule has 0 aliphatic rings. The van der Waals surface area contributed by atoms with E-state index in [9.17, 15) is 4.79 Å². The van der Waals surface area contributed by atoms with Crippen LogP contribution < -0.4 is 11.3 Å². The number of H-pyrrole nitrogens is 1. The molecule has 0 unspecified atom stereocenters. The molecular weight excluding hydrogens is 252 g/mol. The van der Waals surface area contributed by atoms with E-state index in [1.165, 1.54) is 16.1 Å². The molecule has 0 aliphatic heterocycles. The van der Waals surface area contributed by atoms with Crippen LogP contribution in [0.4, 0.5) is 5.82 Å². The number of hydrogen-bond acceptors (Lipinski definition) is 3. The van der Waals surface area contributed by atoms with Crippen molar-refractivity contribution in [2.24, 2.45) is 0 Å². The molecule has 0 fully saturated rings. The van der Waals surface area contributed by atoms with Crippen molar-refractivity contribution in [3.63, 3.8) is 0 Å². The normalized spacial score (nSPS) is 11.3. The first-order valence-corrected chi connectivity index (χ1v) is 6.53. The van der Waals surface area contributed by atoms with Crippen molar-refractivity contribution in [2.45, 2.75) is 19.8 Å². The van der Waals surface area contributed by atoms with Crippen LogP contribution in [0.2, 0.25) is 0 Å². The number of hydrogen-bond donors (Lipinski definition) is 2. The van der Waals surface area contributed by atoms with Crippen LogP contribution in [0.5, 0.6) is 0 Å². The Bertz CT molecular complexity index is 812. The van der Waals surface area contributed by atoms with Gasteiger partial charge in [0.1, 0.15) is 5.82 Å². The number of benzene rings is 1. The van der Waals surface area contributed by atoms with Gasteiger partial charge in [-0.2, -0.15) is 4.52 Å². The SMILES string of the molecule is CC(C)c1ccc(-c2cc(=O)n3[nH]c(N)cc3n2)cc1. The van der Waals surface area contributed by atoms with Gasteiger partial charge in [0.05, 0.1) is 5.69 Å². The Kier molecular flexibility index (Phi) is 2.82. The van der Waals surface area contributed by atoms with Crippen molar-refractivity contribution in [1.82, 2.24) is 14.6 Å². The van der Waals surface area contributed by atoms with E-state index in [0.29, 0.717) is 23.1 Å². The first kappa shape index (κ1) is 12.5. The fourth-order valence-corrected chi connectivity index (χ4v) is 2.20. The molecule has 0 radical (unpaired) electrons. The number of aromatic amines is 1. The van der Waals surface area contributed by atoms with Crippen LogP contribution in [0, 0.1) is 0 Å². The molecule has 0 spiro atoms. The number of anilines is 1. The van der Waals surface area contributed by atoms with Crippen molar-refractivity contribution in [2.75, 3.05) is 5.73 Å². The highest BCUT2D eigenvalue weighted by Crippen LogP contribution is 2.21. The van der Waals surface area contributed by atoms with Crippen molar-refractivity contribution in [3.05, 3.63) is 52.3 Å². The summed E-state index contributed by atoms with van der Waals surface area (Å²) in [4.78, 5) is 16.5. The molecule has 0 saturated heterocycles. The average molecular weight is 268 g/mol. The standard InChI is InChI=1S/C15H16N4O/c1-9(2)10-3-5-11(6-4-10)12-7-15(20)19-14(17-12)8-13(16)18-19/h3-9,18H,16H2,1-2H3. The van der Waals surface area contributed by atoms with Gasteiger partial charge in [-0.25, -0.2) is 4.98 Å². The predicted octanol–water partition coefficient (Wildman–Crippen LogP) is 2.40. The van der Waals surface area contributed by atoms with Crippen molar-refractivity contribution in [3.8, 4) is 11.3 Å². The summed E-state index contributed by atoms with van der Waals surface area (Å²) in [7, 11) is 0. The van der Waals surface area contributed by atoms with E-state index in [-0.39, 0.29) is 5.56 Å². The minimum Gasteiger partial charge on any atom is -0.384 e. The number of nitrogen functional groups attached to an aromatic ring is 1. The third-order valence-corrected chi connectivity index (χ3v) is 3.34. The number of fused-ring (bicyclic) bond motifs is 1. The summed E-state index contributed by atoms with van der Waals surface area (Å²) in [5, 5.41) is 2.75. The summed E-state index contributed by atoms with van der Waals surface area (Å²) in [5.74, 6) is 0.900. The topological polar surface area (TPSA) is 76.2 Å². The van der Waals surface area contributed by atoms with Crippen LogP contribution in [-0.4, -0.2) is 14.6 Å². The summed E-state index contributed by atoms with van der Waals surface area (Å²) < 4.78 is 1.33. The van der Waals surface area contributed by atoms with Crippen molar-refractivity contribution < 1.29 is 0 Å². The maximum absolute atomic E-state index is 12.0. The number of aromatic nitrogens is 3. The molecule has 3 N–H and O–H groups in total. The highest BCUT2D eigenvalue weighted by Gasteiger charge is 2.07. The maximum Gasteiger partial charge on any atom is 0.273 e. The lowest BCUT2D eigenvalue weighted by atomic mass is 10.0. The maximum atomic E-state index is 12.0. The molecule has 20 heavy (non-hydrogen) atoms. The molecule has 5 heteroatoms. The Morgan fingerprint density at radius 2 is 1.90 bits per heavy atom. The van der Waals surface area contributed by atoms with Crippen LogP contribution in [0.3, 0.4) is 0 Å². The second kappa shape index (κ2) is 4.52. The van der Waals surface area contributed by atoms with Gasteiger partial charge in [0.25, 0.3) is 5.56 Å². The van der Waals surface area contributed by atoms with Crippen LogP contribution in [0.15, 0.2) is 41.2 Å². The van der Waals surface area contributed by atoms with Crippen LogP contribution in [0.1, 0.15) is 25.3 Å². The highest BCUT2D eigenvalue weighted by molar-refractivity contribution is 5.62. The number of nitrogens with zero attached hydrogens (tertiary/aromatic N) is 2. The van der Waals surface area contributed by atoms with E-state index >= 15 is 0 Å². The largest absolute Gasteiger partial charge is 0.384 e. The van der Waals surface area contributed by atoms with Gasteiger partial charge in [0, 0.05) is 17.7 Å². The zero-order chi connectivity index (χ0) is 14.3. The quantitative estimate of drug-likeness (QED) is 0.749. The number of nitrogens with one attached hydrogen (secondary N) is 1. The predicted molar refractivity (Wildman–Crippen MR) is 79.8 cm³/mol. The Balaban J connectivity index is 2.11. The molecular formula is C15H16N4O. The van der Waals surface area contributed by atoms with Gasteiger partial charge >= 0.3 is 0 Å². The summed E-state index contributed by atoms with van der Waals surface area (Å²) >= 11 is 0. The van der Waals surface area contributed by atoms with Gasteiger partial charge in [0.15, 0.2) is 5.65 Å². The molecule has 5 nitrogen and oxygen atoms in total. The lowest BCUT2D eigenvalue weighted by molar-refractivity contribution is 0.867. The Labute approximate surface area is 116 Å². The molecule has 0 saturated carbocycles. The van der Waals surface area contributed by atoms with Gasteiger partial charge in [0.2, 0.25) is 0 Å². The first-order valence-electron chi connectivity index (χ1n) is 6.53. The fraction of sp³-hybridized carbons (Fsp3) is 0.200. The molecule has 0 atom stereocenters. The van der Waals surface area contributed by atoms with E-state index in [0.717, 1.165) is 5.56 Å². The molecule has 3 aromatic rings. The molecule has 0 amide bonds. The van der Waals surface area contributed by atoms with E-state index in [2.05, 4.69) is 36.1 Å². The van der Waals surface area contributed by atoms with E-state index in [1.54, 1.807) is 6.07 Å². The zero-order valence-electron chi connectivity index (χ0n) is 11.4. The van der Waals surface area contributed by atoms with Crippen molar-refractivity contribution >= 4 is 11.5 Å². The van der Waals surface area contributed by atoms with Crippen LogP contribution in [-0.2, 0) is 0 Å². The second-order valence-corrected chi connectivity index (χ2v) is 5.16. The summed E-state index contributed by atoms with van der Waals surface area (Å²) in [5.41, 5.74) is 8.84. The van der Waals surface area contributed by atoms with Crippen molar-refractivity contribution in [1.29, 1.82) is 0 Å². The van der Waals surface area contributed by atoms with Gasteiger partial charge in [-0.1, -0.05) is 38.1 Å². The van der Waals surface area contributed by atoms with Crippen LogP contribution in [0.25, 0.3) is 16.9 Å². The molecule has 3 rings (SSSR count). The average Bonchev–Trinajstić information content (AvgIpc) is 2.80. The van der Waals surface area contributed by atoms with Gasteiger partial charge in [-0.05, 0) is 11.5 Å². The number of rotatable bonds is 2. The molecule has 102 valence electrons. The molecule has 2 aromatic heterocycles. The summed E-state index contributed by atoms with van der Waals surface area (Å²) in [6.45, 7) is 4.29. The lowest BCUT2D eigenvalue weighted by Gasteiger charge is -2.06. The monoisotopic (exact) mass is 268 g/mol. The molecule has 0 aliphatic carbocycles.